The number of quaternary nitrogens is 1. The molecule has 1 aliphatic heterocycles. The fraction of sp³-hybridized carbons (Fsp3) is 0.750. The summed E-state index contributed by atoms with van der Waals surface area (Å²) >= 11 is 1.47. The number of hydrogen-bond acceptors (Lipinski definition) is 5. The van der Waals surface area contributed by atoms with Gasteiger partial charge in [0.15, 0.2) is 5.16 Å². The molecule has 7 heteroatoms. The van der Waals surface area contributed by atoms with Crippen LogP contribution < -0.4 is 4.90 Å². The Morgan fingerprint density at radius 2 is 2.16 bits per heavy atom. The molecule has 0 saturated carbocycles. The average Bonchev–Trinajstić information content (AvgIpc) is 2.76. The molecule has 1 aromatic heterocycles. The van der Waals surface area contributed by atoms with Crippen LogP contribution in [0.25, 0.3) is 0 Å². The van der Waals surface area contributed by atoms with E-state index in [1.54, 1.807) is 11.8 Å². The van der Waals surface area contributed by atoms with E-state index >= 15 is 0 Å². The van der Waals surface area contributed by atoms with E-state index in [4.69, 9.17) is 4.74 Å². The molecule has 0 aromatic carbocycles. The van der Waals surface area contributed by atoms with Crippen molar-refractivity contribution in [3.05, 3.63) is 5.82 Å². The zero-order chi connectivity index (χ0) is 13.7. The maximum Gasteiger partial charge on any atom is 0.191 e. The van der Waals surface area contributed by atoms with Crippen LogP contribution >= 0.6 is 11.8 Å². The molecule has 2 rings (SSSR count). The normalized spacial score (nSPS) is 16.7. The molecule has 6 nitrogen and oxygen atoms in total. The highest BCUT2D eigenvalue weighted by Gasteiger charge is 2.16. The van der Waals surface area contributed by atoms with Gasteiger partial charge in [0, 0.05) is 0 Å². The molecule has 0 radical (unpaired) electrons. The summed E-state index contributed by atoms with van der Waals surface area (Å²) in [5.74, 6) is 1.54. The van der Waals surface area contributed by atoms with E-state index < -0.39 is 0 Å². The van der Waals surface area contributed by atoms with Crippen molar-refractivity contribution in [3.8, 4) is 0 Å². The summed E-state index contributed by atoms with van der Waals surface area (Å²) in [5, 5.41) is 9.09. The van der Waals surface area contributed by atoms with E-state index in [0.717, 1.165) is 50.4 Å². The maximum atomic E-state index is 11.0. The number of thioether (sulfide) groups is 1. The molecular weight excluding hydrogens is 264 g/mol. The summed E-state index contributed by atoms with van der Waals surface area (Å²) in [5.41, 5.74) is 0. The quantitative estimate of drug-likeness (QED) is 0.692. The first-order valence-corrected chi connectivity index (χ1v) is 7.58. The maximum absolute atomic E-state index is 11.0. The minimum absolute atomic E-state index is 0.163. The smallest absolute Gasteiger partial charge is 0.191 e. The number of ether oxygens (including phenoxy) is 1. The van der Waals surface area contributed by atoms with E-state index in [1.807, 2.05) is 6.92 Å². The zero-order valence-electron chi connectivity index (χ0n) is 11.5. The molecule has 0 atom stereocenters. The molecule has 1 aromatic rings. The number of hydrogen-bond donors (Lipinski definition) is 1. The van der Waals surface area contributed by atoms with Gasteiger partial charge in [-0.25, -0.2) is 0 Å². The Hall–Kier alpha value is -0.920. The standard InChI is InChI=1S/C12H20N4O2S/c1-10(17)9-19-12-14-13-11(2)16(12)4-3-15-5-7-18-8-6-15/h3-9H2,1-2H3/p+1. The average molecular weight is 285 g/mol. The second-order valence-corrected chi connectivity index (χ2v) is 5.73. The first-order valence-electron chi connectivity index (χ1n) is 6.60. The highest BCUT2D eigenvalue weighted by molar-refractivity contribution is 7.99. The van der Waals surface area contributed by atoms with Crippen molar-refractivity contribution in [1.82, 2.24) is 14.8 Å². The Morgan fingerprint density at radius 1 is 1.42 bits per heavy atom. The lowest BCUT2D eigenvalue weighted by atomic mass is 10.4. The summed E-state index contributed by atoms with van der Waals surface area (Å²) in [7, 11) is 0. The van der Waals surface area contributed by atoms with Crippen molar-refractivity contribution in [1.29, 1.82) is 0 Å². The lowest BCUT2D eigenvalue weighted by Gasteiger charge is -2.24. The van der Waals surface area contributed by atoms with Gasteiger partial charge >= 0.3 is 0 Å². The SMILES string of the molecule is CC(=O)CSc1nnc(C)n1CC[NH+]1CCOCC1. The van der Waals surface area contributed by atoms with Crippen LogP contribution in [0.4, 0.5) is 0 Å². The third-order valence-electron chi connectivity index (χ3n) is 3.20. The van der Waals surface area contributed by atoms with Crippen LogP contribution in [-0.4, -0.2) is 59.1 Å². The van der Waals surface area contributed by atoms with Crippen molar-refractivity contribution >= 4 is 17.5 Å². The number of nitrogens with zero attached hydrogens (tertiary/aromatic N) is 3. The molecule has 1 N–H and O–H groups in total. The molecule has 0 bridgehead atoms. The molecule has 1 fully saturated rings. The molecule has 1 saturated heterocycles. The topological polar surface area (TPSA) is 61.5 Å². The highest BCUT2D eigenvalue weighted by Crippen LogP contribution is 2.16. The third kappa shape index (κ3) is 4.29. The molecule has 0 amide bonds. The third-order valence-corrected chi connectivity index (χ3v) is 4.31. The molecule has 2 heterocycles. The number of carbonyl (C=O) groups is 1. The van der Waals surface area contributed by atoms with Crippen molar-refractivity contribution in [2.75, 3.05) is 38.6 Å². The fourth-order valence-electron chi connectivity index (χ4n) is 2.07. The largest absolute Gasteiger partial charge is 0.370 e. The van der Waals surface area contributed by atoms with Gasteiger partial charge in [0.05, 0.1) is 32.1 Å². The van der Waals surface area contributed by atoms with Gasteiger partial charge in [-0.2, -0.15) is 0 Å². The van der Waals surface area contributed by atoms with Gasteiger partial charge in [0.1, 0.15) is 24.7 Å². The number of carbonyl (C=O) groups excluding carboxylic acids is 1. The Balaban J connectivity index is 1.90. The summed E-state index contributed by atoms with van der Waals surface area (Å²) in [6.07, 6.45) is 0. The van der Waals surface area contributed by atoms with Gasteiger partial charge in [0.25, 0.3) is 0 Å². The molecule has 1 aliphatic rings. The van der Waals surface area contributed by atoms with Crippen LogP contribution in [0.1, 0.15) is 12.7 Å². The van der Waals surface area contributed by atoms with Crippen molar-refractivity contribution in [2.24, 2.45) is 0 Å². The van der Waals surface area contributed by atoms with Crippen LogP contribution in [0, 0.1) is 6.92 Å². The minimum atomic E-state index is 0.163. The fourth-order valence-corrected chi connectivity index (χ4v) is 2.88. The van der Waals surface area contributed by atoms with E-state index in [9.17, 15) is 4.79 Å². The molecule has 0 aliphatic carbocycles. The number of aryl methyl sites for hydroxylation is 1. The zero-order valence-corrected chi connectivity index (χ0v) is 12.3. The van der Waals surface area contributed by atoms with E-state index in [0.29, 0.717) is 5.75 Å². The van der Waals surface area contributed by atoms with E-state index in [-0.39, 0.29) is 5.78 Å². The number of ketones is 1. The van der Waals surface area contributed by atoms with Crippen molar-refractivity contribution in [2.45, 2.75) is 25.5 Å². The number of Topliss-reactive ketones (excluding diaryl/α,β-unsaturated/α-hetero) is 1. The Labute approximate surface area is 117 Å². The Morgan fingerprint density at radius 3 is 2.84 bits per heavy atom. The predicted octanol–water partition coefficient (Wildman–Crippen LogP) is -0.817. The molecular formula is C12H21N4O2S+. The first-order chi connectivity index (χ1) is 9.16. The summed E-state index contributed by atoms with van der Waals surface area (Å²) in [6.45, 7) is 9.33. The van der Waals surface area contributed by atoms with Gasteiger partial charge in [-0.3, -0.25) is 4.79 Å². The van der Waals surface area contributed by atoms with Crippen LogP contribution in [0.5, 0.6) is 0 Å². The molecule has 0 unspecified atom stereocenters. The van der Waals surface area contributed by atoms with Gasteiger partial charge in [-0.1, -0.05) is 11.8 Å². The van der Waals surface area contributed by atoms with Crippen LogP contribution in [0.2, 0.25) is 0 Å². The van der Waals surface area contributed by atoms with Crippen molar-refractivity contribution in [3.63, 3.8) is 0 Å². The highest BCUT2D eigenvalue weighted by atomic mass is 32.2. The Bertz CT molecular complexity index is 429. The second-order valence-electron chi connectivity index (χ2n) is 4.78. The van der Waals surface area contributed by atoms with Gasteiger partial charge in [-0.05, 0) is 13.8 Å². The van der Waals surface area contributed by atoms with E-state index in [1.165, 1.54) is 11.8 Å². The second kappa shape index (κ2) is 7.02. The van der Waals surface area contributed by atoms with Gasteiger partial charge in [0.2, 0.25) is 0 Å². The van der Waals surface area contributed by atoms with Crippen LogP contribution in [-0.2, 0) is 16.1 Å². The first kappa shape index (κ1) is 14.5. The molecule has 19 heavy (non-hydrogen) atoms. The van der Waals surface area contributed by atoms with Crippen LogP contribution in [0.3, 0.4) is 0 Å². The molecule has 106 valence electrons. The summed E-state index contributed by atoms with van der Waals surface area (Å²) in [4.78, 5) is 12.6. The Kier molecular flexibility index (Phi) is 5.35. The lowest BCUT2D eigenvalue weighted by Crippen LogP contribution is -3.14. The summed E-state index contributed by atoms with van der Waals surface area (Å²) in [6, 6.07) is 0. The lowest BCUT2D eigenvalue weighted by molar-refractivity contribution is -0.908. The van der Waals surface area contributed by atoms with Gasteiger partial charge in [-0.15, -0.1) is 10.2 Å². The monoisotopic (exact) mass is 285 g/mol. The number of aromatic nitrogens is 3. The van der Waals surface area contributed by atoms with E-state index in [2.05, 4.69) is 14.8 Å². The van der Waals surface area contributed by atoms with Crippen LogP contribution in [0.15, 0.2) is 5.16 Å². The number of rotatable bonds is 6. The summed E-state index contributed by atoms with van der Waals surface area (Å²) < 4.78 is 7.46. The predicted molar refractivity (Wildman–Crippen MR) is 72.5 cm³/mol. The number of nitrogens with one attached hydrogen (secondary N) is 1. The minimum Gasteiger partial charge on any atom is -0.370 e. The van der Waals surface area contributed by atoms with Crippen molar-refractivity contribution < 1.29 is 14.4 Å². The number of morpholine rings is 1. The van der Waals surface area contributed by atoms with Gasteiger partial charge < -0.3 is 14.2 Å². The molecule has 0 spiro atoms.